The van der Waals surface area contributed by atoms with Gasteiger partial charge in [0.05, 0.1) is 12.3 Å². The molecule has 0 spiro atoms. The van der Waals surface area contributed by atoms with E-state index in [4.69, 9.17) is 4.74 Å². The van der Waals surface area contributed by atoms with Crippen LogP contribution in [0.5, 0.6) is 0 Å². The summed E-state index contributed by atoms with van der Waals surface area (Å²) in [5.41, 5.74) is 3.16. The van der Waals surface area contributed by atoms with Crippen molar-refractivity contribution in [2.75, 3.05) is 25.2 Å². The highest BCUT2D eigenvalue weighted by Crippen LogP contribution is 2.41. The average molecular weight is 283 g/mol. The molecule has 1 amide bonds. The van der Waals surface area contributed by atoms with Crippen LogP contribution in [0.4, 0.5) is 5.69 Å². The van der Waals surface area contributed by atoms with Gasteiger partial charge in [0.25, 0.3) is 5.91 Å². The zero-order valence-electron chi connectivity index (χ0n) is 13.1. The Hall–Kier alpha value is -1.87. The molecule has 0 radical (unpaired) electrons. The predicted molar refractivity (Wildman–Crippen MR) is 86.2 cm³/mol. The summed E-state index contributed by atoms with van der Waals surface area (Å²) in [5.74, 6) is 0.0821. The first kappa shape index (κ1) is 14.1. The topological polar surface area (TPSA) is 29.5 Å². The average Bonchev–Trinajstić information content (AvgIpc) is 2.71. The van der Waals surface area contributed by atoms with Crippen LogP contribution in [-0.4, -0.2) is 26.2 Å². The Morgan fingerprint density at radius 3 is 2.57 bits per heavy atom. The zero-order chi connectivity index (χ0) is 15.2. The maximum absolute atomic E-state index is 12.6. The number of carbonyl (C=O) groups excluding carboxylic acids is 1. The van der Waals surface area contributed by atoms with Gasteiger partial charge in [-0.1, -0.05) is 39.0 Å². The Balaban J connectivity index is 2.23. The lowest BCUT2D eigenvalue weighted by Crippen LogP contribution is -2.30. The zero-order valence-corrected chi connectivity index (χ0v) is 13.1. The highest BCUT2D eigenvalue weighted by molar-refractivity contribution is 6.25. The number of amides is 1. The molecule has 21 heavy (non-hydrogen) atoms. The first-order valence-corrected chi connectivity index (χ1v) is 7.32. The van der Waals surface area contributed by atoms with Gasteiger partial charge in [-0.25, -0.2) is 0 Å². The first-order valence-electron chi connectivity index (χ1n) is 7.32. The monoisotopic (exact) mass is 283 g/mol. The molecule has 0 atom stereocenters. The fraction of sp³-hybridized carbons (Fsp3) is 0.389. The normalized spacial score (nSPS) is 14.3. The molecule has 1 aliphatic heterocycles. The van der Waals surface area contributed by atoms with E-state index in [1.54, 1.807) is 7.11 Å². The van der Waals surface area contributed by atoms with Crippen molar-refractivity contribution in [3.8, 4) is 0 Å². The molecule has 0 aromatic heterocycles. The minimum Gasteiger partial charge on any atom is -0.383 e. The van der Waals surface area contributed by atoms with Crippen molar-refractivity contribution in [2.45, 2.75) is 26.2 Å². The van der Waals surface area contributed by atoms with Crippen LogP contribution in [0.15, 0.2) is 30.3 Å². The third kappa shape index (κ3) is 2.12. The van der Waals surface area contributed by atoms with Gasteiger partial charge in [-0.15, -0.1) is 0 Å². The molecule has 0 N–H and O–H groups in total. The number of methoxy groups -OCH3 is 1. The molecule has 1 heterocycles. The molecule has 3 rings (SSSR count). The van der Waals surface area contributed by atoms with Crippen molar-refractivity contribution in [1.29, 1.82) is 0 Å². The number of ether oxygens (including phenoxy) is 1. The summed E-state index contributed by atoms with van der Waals surface area (Å²) < 4.78 is 5.13. The Kier molecular flexibility index (Phi) is 3.25. The standard InChI is InChI=1S/C18H21NO2/c1-18(2,3)14-8-9-15-16-12(14)6-5-7-13(16)17(20)19(15)10-11-21-4/h5-9H,10-11H2,1-4H3. The second-order valence-corrected chi connectivity index (χ2v) is 6.56. The molecular weight excluding hydrogens is 262 g/mol. The van der Waals surface area contributed by atoms with Crippen LogP contribution >= 0.6 is 0 Å². The van der Waals surface area contributed by atoms with Gasteiger partial charge in [0.15, 0.2) is 0 Å². The van der Waals surface area contributed by atoms with Gasteiger partial charge < -0.3 is 9.64 Å². The number of benzene rings is 2. The van der Waals surface area contributed by atoms with E-state index < -0.39 is 0 Å². The summed E-state index contributed by atoms with van der Waals surface area (Å²) in [7, 11) is 1.66. The number of carbonyl (C=O) groups is 1. The van der Waals surface area contributed by atoms with E-state index in [9.17, 15) is 4.79 Å². The smallest absolute Gasteiger partial charge is 0.259 e. The maximum atomic E-state index is 12.6. The summed E-state index contributed by atoms with van der Waals surface area (Å²) in [6, 6.07) is 10.3. The summed E-state index contributed by atoms with van der Waals surface area (Å²) in [4.78, 5) is 14.4. The third-order valence-corrected chi connectivity index (χ3v) is 4.11. The Morgan fingerprint density at radius 2 is 1.90 bits per heavy atom. The number of hydrogen-bond acceptors (Lipinski definition) is 2. The van der Waals surface area contributed by atoms with E-state index in [1.807, 2.05) is 17.0 Å². The number of rotatable bonds is 3. The summed E-state index contributed by atoms with van der Waals surface area (Å²) in [6.45, 7) is 7.75. The lowest BCUT2D eigenvalue weighted by Gasteiger charge is -2.23. The van der Waals surface area contributed by atoms with E-state index in [2.05, 4.69) is 39.0 Å². The van der Waals surface area contributed by atoms with E-state index in [1.165, 1.54) is 10.9 Å². The quantitative estimate of drug-likeness (QED) is 0.858. The van der Waals surface area contributed by atoms with Crippen LogP contribution in [0.1, 0.15) is 36.7 Å². The van der Waals surface area contributed by atoms with Crippen LogP contribution in [0.25, 0.3) is 10.8 Å². The van der Waals surface area contributed by atoms with Crippen LogP contribution in [0.3, 0.4) is 0 Å². The lowest BCUT2D eigenvalue weighted by atomic mass is 9.83. The van der Waals surface area contributed by atoms with Gasteiger partial charge in [0, 0.05) is 24.6 Å². The largest absolute Gasteiger partial charge is 0.383 e. The molecule has 0 saturated carbocycles. The second kappa shape index (κ2) is 4.85. The summed E-state index contributed by atoms with van der Waals surface area (Å²) >= 11 is 0. The Bertz CT molecular complexity index is 713. The molecule has 2 aromatic rings. The van der Waals surface area contributed by atoms with Crippen molar-refractivity contribution < 1.29 is 9.53 Å². The SMILES string of the molecule is COCCN1C(=O)c2cccc3c(C(C)(C)C)ccc1c23. The Labute approximate surface area is 125 Å². The maximum Gasteiger partial charge on any atom is 0.259 e. The first-order chi connectivity index (χ1) is 9.95. The van der Waals surface area contributed by atoms with Gasteiger partial charge in [-0.05, 0) is 28.5 Å². The Morgan fingerprint density at radius 1 is 1.14 bits per heavy atom. The molecule has 1 aliphatic rings. The van der Waals surface area contributed by atoms with E-state index in [-0.39, 0.29) is 11.3 Å². The van der Waals surface area contributed by atoms with Gasteiger partial charge in [0.2, 0.25) is 0 Å². The van der Waals surface area contributed by atoms with Crippen LogP contribution in [0.2, 0.25) is 0 Å². The van der Waals surface area contributed by atoms with Crippen molar-refractivity contribution in [3.05, 3.63) is 41.5 Å². The molecule has 110 valence electrons. The van der Waals surface area contributed by atoms with E-state index in [0.717, 1.165) is 16.6 Å². The van der Waals surface area contributed by atoms with Crippen LogP contribution in [-0.2, 0) is 10.2 Å². The highest BCUT2D eigenvalue weighted by atomic mass is 16.5. The minimum absolute atomic E-state index is 0.0557. The molecule has 2 aromatic carbocycles. The van der Waals surface area contributed by atoms with E-state index in [0.29, 0.717) is 13.2 Å². The van der Waals surface area contributed by atoms with Crippen molar-refractivity contribution in [3.63, 3.8) is 0 Å². The third-order valence-electron chi connectivity index (χ3n) is 4.11. The van der Waals surface area contributed by atoms with Gasteiger partial charge >= 0.3 is 0 Å². The molecule has 3 nitrogen and oxygen atoms in total. The summed E-state index contributed by atoms with van der Waals surface area (Å²) in [6.07, 6.45) is 0. The van der Waals surface area contributed by atoms with Gasteiger partial charge in [-0.3, -0.25) is 4.79 Å². The highest BCUT2D eigenvalue weighted by Gasteiger charge is 2.31. The van der Waals surface area contributed by atoms with Crippen molar-refractivity contribution in [1.82, 2.24) is 0 Å². The molecular formula is C18H21NO2. The van der Waals surface area contributed by atoms with Gasteiger partial charge in [-0.2, -0.15) is 0 Å². The van der Waals surface area contributed by atoms with Gasteiger partial charge in [0.1, 0.15) is 0 Å². The van der Waals surface area contributed by atoms with Crippen LogP contribution in [0, 0.1) is 0 Å². The molecule has 3 heteroatoms. The number of anilines is 1. The van der Waals surface area contributed by atoms with Crippen LogP contribution < -0.4 is 4.90 Å². The van der Waals surface area contributed by atoms with E-state index >= 15 is 0 Å². The molecule has 0 saturated heterocycles. The van der Waals surface area contributed by atoms with Crippen molar-refractivity contribution in [2.24, 2.45) is 0 Å². The fourth-order valence-electron chi connectivity index (χ4n) is 3.10. The molecule has 0 bridgehead atoms. The number of hydrogen-bond donors (Lipinski definition) is 0. The van der Waals surface area contributed by atoms with Crippen molar-refractivity contribution >= 4 is 22.4 Å². The fourth-order valence-corrected chi connectivity index (χ4v) is 3.10. The minimum atomic E-state index is 0.0557. The molecule has 0 aliphatic carbocycles. The summed E-state index contributed by atoms with van der Waals surface area (Å²) in [5, 5.41) is 2.27. The molecule has 0 unspecified atom stereocenters. The predicted octanol–water partition coefficient (Wildman–Crippen LogP) is 3.74. The second-order valence-electron chi connectivity index (χ2n) is 6.56. The lowest BCUT2D eigenvalue weighted by molar-refractivity contribution is 0.0982. The molecule has 0 fully saturated rings. The number of nitrogens with zero attached hydrogens (tertiary/aromatic N) is 1.